The Morgan fingerprint density at radius 2 is 1.59 bits per heavy atom. The molecule has 5 amide bonds. The quantitative estimate of drug-likeness (QED) is 0.547. The zero-order chi connectivity index (χ0) is 23.3. The van der Waals surface area contributed by atoms with Gasteiger partial charge in [-0.2, -0.15) is 0 Å². The number of unbranched alkanes of at least 4 members (excludes halogenated alkanes) is 1. The molecule has 1 heterocycles. The van der Waals surface area contributed by atoms with Gasteiger partial charge in [-0.05, 0) is 48.4 Å². The normalized spacial score (nSPS) is 17.8. The summed E-state index contributed by atoms with van der Waals surface area (Å²) in [6.07, 6.45) is 1.79. The SMILES string of the molecule is CCCCC1(c2ccc(F)cc2)NC(=O)N(CC(=O)Nc2ccc(NC(C)=O)cc2)C1=O. The van der Waals surface area contributed by atoms with Gasteiger partial charge in [0.1, 0.15) is 17.9 Å². The smallest absolute Gasteiger partial charge is 0.325 e. The van der Waals surface area contributed by atoms with Gasteiger partial charge in [-0.25, -0.2) is 9.18 Å². The molecule has 0 bridgehead atoms. The number of halogens is 1. The van der Waals surface area contributed by atoms with Crippen molar-refractivity contribution in [1.29, 1.82) is 0 Å². The highest BCUT2D eigenvalue weighted by molar-refractivity contribution is 6.10. The number of nitrogens with zero attached hydrogens (tertiary/aromatic N) is 1. The highest BCUT2D eigenvalue weighted by Crippen LogP contribution is 2.34. The Morgan fingerprint density at radius 1 is 1.00 bits per heavy atom. The first-order valence-electron chi connectivity index (χ1n) is 10.3. The minimum Gasteiger partial charge on any atom is -0.326 e. The number of hydrogen-bond acceptors (Lipinski definition) is 4. The predicted molar refractivity (Wildman–Crippen MR) is 117 cm³/mol. The number of benzene rings is 2. The maximum atomic E-state index is 13.4. The van der Waals surface area contributed by atoms with E-state index in [-0.39, 0.29) is 5.91 Å². The molecule has 0 aliphatic carbocycles. The first kappa shape index (κ1) is 22.9. The minimum absolute atomic E-state index is 0.215. The summed E-state index contributed by atoms with van der Waals surface area (Å²) in [5, 5.41) is 7.98. The fourth-order valence-corrected chi connectivity index (χ4v) is 3.64. The molecule has 168 valence electrons. The number of rotatable bonds is 8. The largest absolute Gasteiger partial charge is 0.326 e. The van der Waals surface area contributed by atoms with Crippen molar-refractivity contribution in [2.45, 2.75) is 38.6 Å². The molecule has 2 aromatic rings. The third kappa shape index (κ3) is 4.93. The lowest BCUT2D eigenvalue weighted by Crippen LogP contribution is -2.44. The highest BCUT2D eigenvalue weighted by atomic mass is 19.1. The van der Waals surface area contributed by atoms with Crippen LogP contribution < -0.4 is 16.0 Å². The van der Waals surface area contributed by atoms with E-state index >= 15 is 0 Å². The summed E-state index contributed by atoms with van der Waals surface area (Å²) in [4.78, 5) is 50.4. The zero-order valence-corrected chi connectivity index (χ0v) is 17.9. The molecule has 1 aliphatic heterocycles. The van der Waals surface area contributed by atoms with Crippen LogP contribution in [0.25, 0.3) is 0 Å². The number of anilines is 2. The number of carbonyl (C=O) groups excluding carboxylic acids is 4. The molecule has 1 aliphatic rings. The van der Waals surface area contributed by atoms with Crippen molar-refractivity contribution in [1.82, 2.24) is 10.2 Å². The number of nitrogens with one attached hydrogen (secondary N) is 3. The Morgan fingerprint density at radius 3 is 2.16 bits per heavy atom. The van der Waals surface area contributed by atoms with Gasteiger partial charge in [-0.3, -0.25) is 19.3 Å². The molecule has 0 saturated carbocycles. The summed E-state index contributed by atoms with van der Waals surface area (Å²) < 4.78 is 13.4. The molecular weight excluding hydrogens is 415 g/mol. The first-order valence-corrected chi connectivity index (χ1v) is 10.3. The van der Waals surface area contributed by atoms with Crippen molar-refractivity contribution in [2.75, 3.05) is 17.2 Å². The number of urea groups is 1. The van der Waals surface area contributed by atoms with E-state index in [2.05, 4.69) is 16.0 Å². The second kappa shape index (κ2) is 9.59. The third-order valence-corrected chi connectivity index (χ3v) is 5.21. The molecule has 0 aromatic heterocycles. The molecule has 0 spiro atoms. The molecule has 9 heteroatoms. The van der Waals surface area contributed by atoms with E-state index in [1.807, 2.05) is 6.92 Å². The molecule has 1 fully saturated rings. The summed E-state index contributed by atoms with van der Waals surface area (Å²) in [5.74, 6) is -1.75. The fourth-order valence-electron chi connectivity index (χ4n) is 3.64. The molecule has 32 heavy (non-hydrogen) atoms. The molecule has 1 saturated heterocycles. The van der Waals surface area contributed by atoms with Crippen LogP contribution in [0.3, 0.4) is 0 Å². The lowest BCUT2D eigenvalue weighted by Gasteiger charge is -2.27. The van der Waals surface area contributed by atoms with Gasteiger partial charge in [0.2, 0.25) is 11.8 Å². The van der Waals surface area contributed by atoms with E-state index in [1.165, 1.54) is 31.2 Å². The van der Waals surface area contributed by atoms with E-state index in [0.29, 0.717) is 29.8 Å². The van der Waals surface area contributed by atoms with Gasteiger partial charge in [-0.15, -0.1) is 0 Å². The molecule has 3 rings (SSSR count). The van der Waals surface area contributed by atoms with E-state index in [9.17, 15) is 23.6 Å². The summed E-state index contributed by atoms with van der Waals surface area (Å²) in [7, 11) is 0. The monoisotopic (exact) mass is 440 g/mol. The Bertz CT molecular complexity index is 1020. The molecule has 8 nitrogen and oxygen atoms in total. The van der Waals surface area contributed by atoms with Crippen molar-refractivity contribution < 1.29 is 23.6 Å². The maximum absolute atomic E-state index is 13.4. The predicted octanol–water partition coefficient (Wildman–Crippen LogP) is 3.36. The number of amides is 5. The van der Waals surface area contributed by atoms with E-state index in [4.69, 9.17) is 0 Å². The number of imide groups is 1. The van der Waals surface area contributed by atoms with Crippen molar-refractivity contribution in [3.05, 3.63) is 59.9 Å². The maximum Gasteiger partial charge on any atom is 0.325 e. The van der Waals surface area contributed by atoms with Gasteiger partial charge < -0.3 is 16.0 Å². The van der Waals surface area contributed by atoms with Gasteiger partial charge in [0.25, 0.3) is 5.91 Å². The van der Waals surface area contributed by atoms with Gasteiger partial charge in [0.05, 0.1) is 0 Å². The van der Waals surface area contributed by atoms with Crippen LogP contribution in [0.15, 0.2) is 48.5 Å². The fraction of sp³-hybridized carbons (Fsp3) is 0.304. The van der Waals surface area contributed by atoms with E-state index in [0.717, 1.165) is 11.3 Å². The van der Waals surface area contributed by atoms with Crippen molar-refractivity contribution in [3.8, 4) is 0 Å². The summed E-state index contributed by atoms with van der Waals surface area (Å²) >= 11 is 0. The van der Waals surface area contributed by atoms with Crippen LogP contribution in [0.4, 0.5) is 20.6 Å². The highest BCUT2D eigenvalue weighted by Gasteiger charge is 2.52. The average molecular weight is 440 g/mol. The van der Waals surface area contributed by atoms with Crippen molar-refractivity contribution in [2.24, 2.45) is 0 Å². The van der Waals surface area contributed by atoms with Gasteiger partial charge in [0.15, 0.2) is 0 Å². The van der Waals surface area contributed by atoms with Crippen LogP contribution in [0.1, 0.15) is 38.7 Å². The number of carbonyl (C=O) groups is 4. The molecule has 0 radical (unpaired) electrons. The second-order valence-corrected chi connectivity index (χ2v) is 7.64. The van der Waals surface area contributed by atoms with Gasteiger partial charge in [-0.1, -0.05) is 31.9 Å². The van der Waals surface area contributed by atoms with Crippen LogP contribution in [-0.4, -0.2) is 35.2 Å². The minimum atomic E-state index is -1.33. The standard InChI is InChI=1S/C23H25FN4O4/c1-3-4-13-23(16-5-7-17(24)8-6-16)21(31)28(22(32)27-23)14-20(30)26-19-11-9-18(10-12-19)25-15(2)29/h5-12H,3-4,13-14H2,1-2H3,(H,25,29)(H,26,30)(H,27,32). The summed E-state index contributed by atoms with van der Waals surface area (Å²) in [5.41, 5.74) is 0.167. The second-order valence-electron chi connectivity index (χ2n) is 7.64. The summed E-state index contributed by atoms with van der Waals surface area (Å²) in [6.45, 7) is 2.88. The van der Waals surface area contributed by atoms with Crippen LogP contribution in [0.5, 0.6) is 0 Å². The Balaban J connectivity index is 1.74. The lowest BCUT2D eigenvalue weighted by molar-refractivity contribution is -0.134. The third-order valence-electron chi connectivity index (χ3n) is 5.21. The van der Waals surface area contributed by atoms with Gasteiger partial charge >= 0.3 is 6.03 Å². The van der Waals surface area contributed by atoms with Crippen molar-refractivity contribution >= 4 is 35.1 Å². The average Bonchev–Trinajstić information content (AvgIpc) is 2.99. The Kier molecular flexibility index (Phi) is 6.87. The summed E-state index contributed by atoms with van der Waals surface area (Å²) in [6, 6.07) is 11.2. The number of hydrogen-bond donors (Lipinski definition) is 3. The van der Waals surface area contributed by atoms with Crippen LogP contribution in [0, 0.1) is 5.82 Å². The van der Waals surface area contributed by atoms with Crippen molar-refractivity contribution in [3.63, 3.8) is 0 Å². The molecule has 3 N–H and O–H groups in total. The van der Waals surface area contributed by atoms with E-state index in [1.54, 1.807) is 24.3 Å². The van der Waals surface area contributed by atoms with E-state index < -0.39 is 35.7 Å². The topological polar surface area (TPSA) is 108 Å². The van der Waals surface area contributed by atoms with Crippen LogP contribution in [-0.2, 0) is 19.9 Å². The Hall–Kier alpha value is -3.75. The zero-order valence-electron chi connectivity index (χ0n) is 17.9. The molecular formula is C23H25FN4O4. The van der Waals surface area contributed by atoms with Crippen LogP contribution >= 0.6 is 0 Å². The van der Waals surface area contributed by atoms with Gasteiger partial charge in [0, 0.05) is 18.3 Å². The first-order chi connectivity index (χ1) is 15.2. The molecule has 1 unspecified atom stereocenters. The lowest BCUT2D eigenvalue weighted by atomic mass is 9.85. The molecule has 2 aromatic carbocycles. The molecule has 1 atom stereocenters. The Labute approximate surface area is 185 Å². The van der Waals surface area contributed by atoms with Crippen LogP contribution in [0.2, 0.25) is 0 Å².